The number of amides is 1. The van der Waals surface area contributed by atoms with E-state index in [1.807, 2.05) is 60.3 Å². The van der Waals surface area contributed by atoms with E-state index in [4.69, 9.17) is 9.15 Å². The van der Waals surface area contributed by atoms with Gasteiger partial charge in [-0.05, 0) is 80.1 Å². The topological polar surface area (TPSA) is 73.5 Å². The van der Waals surface area contributed by atoms with Gasteiger partial charge in [-0.25, -0.2) is 0 Å². The number of furan rings is 1. The van der Waals surface area contributed by atoms with Crippen LogP contribution < -0.4 is 10.1 Å². The number of ether oxygens (including phenoxy) is 1. The molecule has 1 N–H and O–H groups in total. The Kier molecular flexibility index (Phi) is 6.22. The molecule has 2 aromatic heterocycles. The van der Waals surface area contributed by atoms with Gasteiger partial charge in [0.1, 0.15) is 18.1 Å². The van der Waals surface area contributed by atoms with Gasteiger partial charge in [0.25, 0.3) is 5.91 Å². The zero-order valence-corrected chi connectivity index (χ0v) is 17.9. The second-order valence-electron chi connectivity index (χ2n) is 7.52. The van der Waals surface area contributed by atoms with Gasteiger partial charge in [0.15, 0.2) is 11.5 Å². The Morgan fingerprint density at radius 2 is 1.75 bits per heavy atom. The number of nitrogens with one attached hydrogen (secondary N) is 1. The molecule has 6 nitrogen and oxygen atoms in total. The van der Waals surface area contributed by atoms with Crippen LogP contribution in [-0.4, -0.2) is 16.3 Å². The molecular formula is C26H24N2O4. The molecule has 2 aromatic carbocycles. The fourth-order valence-electron chi connectivity index (χ4n) is 3.33. The number of hydrogen-bond donors (Lipinski definition) is 1. The van der Waals surface area contributed by atoms with Gasteiger partial charge in [-0.15, -0.1) is 0 Å². The lowest BCUT2D eigenvalue weighted by Gasteiger charge is -2.15. The van der Waals surface area contributed by atoms with Crippen molar-refractivity contribution in [2.45, 2.75) is 26.5 Å². The van der Waals surface area contributed by atoms with Crippen molar-refractivity contribution in [3.63, 3.8) is 0 Å². The summed E-state index contributed by atoms with van der Waals surface area (Å²) in [5.74, 6) is 1.09. The Balaban J connectivity index is 1.35. The molecule has 0 fully saturated rings. The minimum atomic E-state index is -0.291. The number of benzene rings is 2. The summed E-state index contributed by atoms with van der Waals surface area (Å²) in [5.41, 5.74) is 2.65. The highest BCUT2D eigenvalue weighted by Crippen LogP contribution is 2.19. The Labute approximate surface area is 186 Å². The summed E-state index contributed by atoms with van der Waals surface area (Å²) in [7, 11) is 0. The minimum absolute atomic E-state index is 0.00362. The Morgan fingerprint density at radius 1 is 1.00 bits per heavy atom. The molecule has 0 saturated carbocycles. The second kappa shape index (κ2) is 9.39. The quantitative estimate of drug-likeness (QED) is 0.384. The van der Waals surface area contributed by atoms with Crippen molar-refractivity contribution in [1.29, 1.82) is 0 Å². The molecule has 0 spiro atoms. The van der Waals surface area contributed by atoms with E-state index >= 15 is 0 Å². The maximum absolute atomic E-state index is 12.6. The van der Waals surface area contributed by atoms with E-state index in [-0.39, 0.29) is 30.1 Å². The van der Waals surface area contributed by atoms with Gasteiger partial charge in [-0.1, -0.05) is 12.1 Å². The number of Topliss-reactive ketones (excluding diaryl/α,β-unsaturated/α-hetero) is 1. The monoisotopic (exact) mass is 428 g/mol. The van der Waals surface area contributed by atoms with Crippen LogP contribution in [0.3, 0.4) is 0 Å². The fraction of sp³-hybridized carbons (Fsp3) is 0.154. The van der Waals surface area contributed by atoms with Crippen LogP contribution >= 0.6 is 0 Å². The third-order valence-corrected chi connectivity index (χ3v) is 5.15. The first-order chi connectivity index (χ1) is 15.5. The number of carbonyl (C=O) groups excluding carboxylic acids is 2. The van der Waals surface area contributed by atoms with Crippen molar-refractivity contribution in [3.05, 3.63) is 108 Å². The average Bonchev–Trinajstić information content (AvgIpc) is 3.50. The number of rotatable bonds is 8. The smallest absolute Gasteiger partial charge is 0.287 e. The molecule has 1 amide bonds. The summed E-state index contributed by atoms with van der Waals surface area (Å²) in [6, 6.07) is 22.0. The van der Waals surface area contributed by atoms with Crippen LogP contribution in [-0.2, 0) is 6.61 Å². The predicted molar refractivity (Wildman–Crippen MR) is 121 cm³/mol. The first kappa shape index (κ1) is 21.2. The van der Waals surface area contributed by atoms with Gasteiger partial charge >= 0.3 is 0 Å². The predicted octanol–water partition coefficient (Wildman–Crippen LogP) is 5.34. The summed E-state index contributed by atoms with van der Waals surface area (Å²) in [4.78, 5) is 24.0. The van der Waals surface area contributed by atoms with Gasteiger partial charge in [-0.2, -0.15) is 0 Å². The third-order valence-electron chi connectivity index (χ3n) is 5.15. The molecule has 32 heavy (non-hydrogen) atoms. The third kappa shape index (κ3) is 4.98. The number of hydrogen-bond acceptors (Lipinski definition) is 4. The zero-order valence-electron chi connectivity index (χ0n) is 17.9. The summed E-state index contributed by atoms with van der Waals surface area (Å²) in [5, 5.41) is 2.97. The molecule has 4 rings (SSSR count). The molecule has 1 atom stereocenters. The molecule has 6 heteroatoms. The van der Waals surface area contributed by atoms with Crippen LogP contribution in [0.2, 0.25) is 0 Å². The van der Waals surface area contributed by atoms with E-state index in [0.29, 0.717) is 17.1 Å². The van der Waals surface area contributed by atoms with E-state index in [9.17, 15) is 9.59 Å². The fourth-order valence-corrected chi connectivity index (χ4v) is 3.33. The van der Waals surface area contributed by atoms with Gasteiger partial charge in [-0.3, -0.25) is 9.59 Å². The largest absolute Gasteiger partial charge is 0.486 e. The van der Waals surface area contributed by atoms with Gasteiger partial charge in [0, 0.05) is 23.6 Å². The lowest BCUT2D eigenvalue weighted by molar-refractivity contribution is 0.0907. The summed E-state index contributed by atoms with van der Waals surface area (Å²) < 4.78 is 13.4. The Bertz CT molecular complexity index is 1210. The van der Waals surface area contributed by atoms with Crippen LogP contribution in [0.25, 0.3) is 5.69 Å². The summed E-state index contributed by atoms with van der Waals surface area (Å²) >= 11 is 0. The Hall–Kier alpha value is -4.06. The average molecular weight is 428 g/mol. The van der Waals surface area contributed by atoms with Crippen molar-refractivity contribution in [2.75, 3.05) is 0 Å². The standard InChI is InChI=1S/C26H24N2O4/c1-18(21-6-5-7-22(16-21)28-14-3-4-15-28)27-26(30)25-13-12-24(32-25)17-31-23-10-8-20(9-11-23)19(2)29/h3-16,18H,17H2,1-2H3,(H,27,30). The molecule has 0 aliphatic carbocycles. The van der Waals surface area contributed by atoms with Crippen LogP contribution in [0, 0.1) is 0 Å². The molecule has 0 saturated heterocycles. The van der Waals surface area contributed by atoms with Crippen LogP contribution in [0.4, 0.5) is 0 Å². The molecule has 0 aliphatic rings. The van der Waals surface area contributed by atoms with E-state index in [1.165, 1.54) is 6.92 Å². The number of aromatic nitrogens is 1. The maximum Gasteiger partial charge on any atom is 0.287 e. The second-order valence-corrected chi connectivity index (χ2v) is 7.52. The van der Waals surface area contributed by atoms with Gasteiger partial charge < -0.3 is 19.0 Å². The van der Waals surface area contributed by atoms with E-state index < -0.39 is 0 Å². The lowest BCUT2D eigenvalue weighted by Crippen LogP contribution is -2.26. The Morgan fingerprint density at radius 3 is 2.47 bits per heavy atom. The number of ketones is 1. The highest BCUT2D eigenvalue weighted by atomic mass is 16.5. The molecule has 162 valence electrons. The lowest BCUT2D eigenvalue weighted by atomic mass is 10.1. The van der Waals surface area contributed by atoms with Crippen molar-refractivity contribution < 1.29 is 18.7 Å². The molecule has 1 unspecified atom stereocenters. The minimum Gasteiger partial charge on any atom is -0.486 e. The van der Waals surface area contributed by atoms with Crippen LogP contribution in [0.1, 0.15) is 52.1 Å². The molecule has 0 radical (unpaired) electrons. The highest BCUT2D eigenvalue weighted by molar-refractivity contribution is 5.94. The first-order valence-electron chi connectivity index (χ1n) is 10.4. The molecule has 0 aliphatic heterocycles. The molecule has 4 aromatic rings. The van der Waals surface area contributed by atoms with E-state index in [0.717, 1.165) is 11.3 Å². The normalized spacial score (nSPS) is 11.7. The first-order valence-corrected chi connectivity index (χ1v) is 10.4. The summed E-state index contributed by atoms with van der Waals surface area (Å²) in [6.07, 6.45) is 3.96. The number of nitrogens with zero attached hydrogens (tertiary/aromatic N) is 1. The zero-order chi connectivity index (χ0) is 22.5. The highest BCUT2D eigenvalue weighted by Gasteiger charge is 2.16. The van der Waals surface area contributed by atoms with Crippen molar-refractivity contribution >= 4 is 11.7 Å². The van der Waals surface area contributed by atoms with E-state index in [2.05, 4.69) is 5.32 Å². The van der Waals surface area contributed by atoms with Gasteiger partial charge in [0.2, 0.25) is 0 Å². The molecule has 0 bridgehead atoms. The van der Waals surface area contributed by atoms with Crippen LogP contribution in [0.15, 0.2) is 89.6 Å². The van der Waals surface area contributed by atoms with Gasteiger partial charge in [0.05, 0.1) is 6.04 Å². The van der Waals surface area contributed by atoms with Crippen molar-refractivity contribution in [2.24, 2.45) is 0 Å². The van der Waals surface area contributed by atoms with Crippen molar-refractivity contribution in [3.8, 4) is 11.4 Å². The van der Waals surface area contributed by atoms with Crippen molar-refractivity contribution in [1.82, 2.24) is 9.88 Å². The van der Waals surface area contributed by atoms with E-state index in [1.54, 1.807) is 36.4 Å². The summed E-state index contributed by atoms with van der Waals surface area (Å²) in [6.45, 7) is 3.64. The molecule has 2 heterocycles. The van der Waals surface area contributed by atoms with Crippen LogP contribution in [0.5, 0.6) is 5.75 Å². The SMILES string of the molecule is CC(=O)c1ccc(OCc2ccc(C(=O)NC(C)c3cccc(-n4cccc4)c3)o2)cc1. The molecular weight excluding hydrogens is 404 g/mol. The number of carbonyl (C=O) groups is 2. The maximum atomic E-state index is 12.6.